The number of rotatable bonds is 18. The van der Waals surface area contributed by atoms with Crippen LogP contribution in [0.4, 0.5) is 47.7 Å². The Balaban J connectivity index is 0.706. The molecule has 4 aliphatic heterocycles. The summed E-state index contributed by atoms with van der Waals surface area (Å²) in [5.41, 5.74) is 4.16. The Hall–Kier alpha value is -8.36. The summed E-state index contributed by atoms with van der Waals surface area (Å²) in [6.07, 6.45) is 1.47. The van der Waals surface area contributed by atoms with Crippen LogP contribution >= 0.6 is 0 Å². The van der Waals surface area contributed by atoms with Crippen LogP contribution in [0.1, 0.15) is 92.4 Å². The molecule has 6 heterocycles. The van der Waals surface area contributed by atoms with Gasteiger partial charge in [0.05, 0.1) is 47.5 Å². The number of aryl methyl sites for hydroxylation is 1. The number of hydrogen-bond donors (Lipinski definition) is 3. The molecule has 4 aromatic carbocycles. The Kier molecular flexibility index (Phi) is 18.6. The highest BCUT2D eigenvalue weighted by Crippen LogP contribution is 2.43. The van der Waals surface area contributed by atoms with E-state index in [0.717, 1.165) is 87.4 Å². The first-order valence-corrected chi connectivity index (χ1v) is 31.6. The first kappa shape index (κ1) is 62.7. The number of carbonyl (C=O) groups excluding carboxylic acids is 4. The highest BCUT2D eigenvalue weighted by molar-refractivity contribution is 7.92. The van der Waals surface area contributed by atoms with Crippen molar-refractivity contribution in [3.8, 4) is 34.3 Å². The van der Waals surface area contributed by atoms with Crippen LogP contribution in [0.3, 0.4) is 0 Å². The number of piperazine rings is 1. The number of benzene rings is 4. The summed E-state index contributed by atoms with van der Waals surface area (Å²) < 4.78 is 81.4. The number of ether oxygens (including phenoxy) is 2. The molecule has 22 nitrogen and oxygen atoms in total. The fourth-order valence-corrected chi connectivity index (χ4v) is 12.6. The van der Waals surface area contributed by atoms with Gasteiger partial charge in [-0.15, -0.1) is 10.2 Å². The lowest BCUT2D eigenvalue weighted by molar-refractivity contribution is -0.149. The number of hydrogen-bond acceptors (Lipinski definition) is 17. The van der Waals surface area contributed by atoms with E-state index in [-0.39, 0.29) is 63.4 Å². The predicted molar refractivity (Wildman–Crippen MR) is 326 cm³/mol. The monoisotopic (exact) mass is 1230 g/mol. The lowest BCUT2D eigenvalue weighted by atomic mass is 9.91. The third-order valence-corrected chi connectivity index (χ3v) is 17.7. The van der Waals surface area contributed by atoms with E-state index in [2.05, 4.69) is 40.2 Å². The van der Waals surface area contributed by atoms with Gasteiger partial charge in [-0.2, -0.15) is 18.2 Å². The van der Waals surface area contributed by atoms with E-state index in [9.17, 15) is 45.9 Å². The molecule has 1 atom stereocenters. The number of carbonyl (C=O) groups is 4. The number of anilines is 6. The number of aromatic hydroxyl groups is 1. The molecule has 0 radical (unpaired) electrons. The lowest BCUT2D eigenvalue weighted by Gasteiger charge is -2.40. The summed E-state index contributed by atoms with van der Waals surface area (Å²) in [5, 5.41) is 24.7. The molecule has 0 saturated carbocycles. The largest absolute Gasteiger partial charge is 0.507 e. The van der Waals surface area contributed by atoms with Gasteiger partial charge >= 0.3 is 12.1 Å². The van der Waals surface area contributed by atoms with Crippen molar-refractivity contribution >= 4 is 68.2 Å². The molecule has 0 bridgehead atoms. The number of esters is 1. The van der Waals surface area contributed by atoms with E-state index >= 15 is 0 Å². The molecule has 1 unspecified atom stereocenters. The molecule has 3 amide bonds. The Labute approximate surface area is 509 Å². The fraction of sp³-hybridized carbons (Fsp3) is 0.452. The van der Waals surface area contributed by atoms with Crippen molar-refractivity contribution < 1.29 is 55.3 Å². The van der Waals surface area contributed by atoms with Gasteiger partial charge in [0.2, 0.25) is 27.7 Å². The molecule has 10 rings (SSSR count). The fourth-order valence-electron chi connectivity index (χ4n) is 11.7. The second-order valence-electron chi connectivity index (χ2n) is 23.1. The molecule has 0 spiro atoms. The van der Waals surface area contributed by atoms with E-state index in [1.54, 1.807) is 63.4 Å². The number of alkyl halides is 3. The van der Waals surface area contributed by atoms with E-state index in [0.29, 0.717) is 74.1 Å². The maximum Gasteiger partial charge on any atom is 0.408 e. The number of phenols is 1. The number of aromatic nitrogens is 5. The quantitative estimate of drug-likeness (QED) is 0.0541. The van der Waals surface area contributed by atoms with Crippen LogP contribution in [0, 0.1) is 17.8 Å². The third-order valence-electron chi connectivity index (χ3n) is 16.7. The van der Waals surface area contributed by atoms with E-state index < -0.39 is 51.8 Å². The Morgan fingerprint density at radius 2 is 1.49 bits per heavy atom. The van der Waals surface area contributed by atoms with E-state index in [1.807, 2.05) is 54.4 Å². The van der Waals surface area contributed by atoms with Crippen LogP contribution in [0.15, 0.2) is 85.1 Å². The number of amides is 3. The minimum Gasteiger partial charge on any atom is -0.507 e. The van der Waals surface area contributed by atoms with E-state index in [4.69, 9.17) is 9.47 Å². The molecule has 3 N–H and O–H groups in total. The SMILES string of the molecule is CCOc1cc(N2CCC(C(=O)N3CCC(CN4CCN(Cc5ccc(-n6c(C(=O)NC(C)C(F)(F)F)nnc6-c6cc(CC)c(OC(=O)C(C)C)cc6O)cc5)CC4)CC3)CC2)ccc1Nc1ncc2c(n1)N(S(C)(=O)=O)c1ccccc1C(=O)N2C. The minimum absolute atomic E-state index is 0.00132. The second kappa shape index (κ2) is 26.1. The van der Waals surface area contributed by atoms with Gasteiger partial charge in [0.15, 0.2) is 11.6 Å². The van der Waals surface area contributed by atoms with Crippen LogP contribution in [-0.2, 0) is 32.6 Å². The third kappa shape index (κ3) is 13.7. The van der Waals surface area contributed by atoms with Gasteiger partial charge in [-0.25, -0.2) is 17.7 Å². The highest BCUT2D eigenvalue weighted by Gasteiger charge is 2.40. The molecular formula is C62H74F3N13O9S. The average Bonchev–Trinajstić information content (AvgIpc) is 1.82. The predicted octanol–water partition coefficient (Wildman–Crippen LogP) is 8.34. The van der Waals surface area contributed by atoms with Gasteiger partial charge in [-0.1, -0.05) is 45.0 Å². The maximum absolute atomic E-state index is 14.0. The van der Waals surface area contributed by atoms with Gasteiger partial charge in [0.25, 0.3) is 11.8 Å². The molecule has 2 aromatic heterocycles. The molecular weight excluding hydrogens is 1160 g/mol. The van der Waals surface area contributed by atoms with Crippen LogP contribution in [-0.4, -0.2) is 168 Å². The Morgan fingerprint density at radius 3 is 2.15 bits per heavy atom. The number of halogens is 3. The number of likely N-dealkylation sites (tertiary alicyclic amines) is 1. The zero-order valence-corrected chi connectivity index (χ0v) is 51.2. The molecule has 3 fully saturated rings. The molecule has 3 saturated heterocycles. The van der Waals surface area contributed by atoms with Crippen LogP contribution in [0.2, 0.25) is 0 Å². The molecule has 6 aromatic rings. The number of para-hydroxylation sites is 1. The topological polar surface area (TPSA) is 241 Å². The first-order valence-electron chi connectivity index (χ1n) is 29.8. The molecule has 26 heteroatoms. The number of fused-ring (bicyclic) bond motifs is 2. The molecule has 0 aliphatic carbocycles. The number of nitrogens with one attached hydrogen (secondary N) is 2. The normalized spacial score (nSPS) is 16.9. The Bertz CT molecular complexity index is 3680. The summed E-state index contributed by atoms with van der Waals surface area (Å²) in [7, 11) is -2.40. The molecule has 88 heavy (non-hydrogen) atoms. The number of phenolic OH excluding ortho intramolecular Hbond substituents is 1. The van der Waals surface area contributed by atoms with Gasteiger partial charge < -0.3 is 44.8 Å². The van der Waals surface area contributed by atoms with Gasteiger partial charge in [-0.3, -0.25) is 28.6 Å². The number of piperidine rings is 2. The number of sulfonamides is 1. The van der Waals surface area contributed by atoms with Crippen molar-refractivity contribution in [3.63, 3.8) is 0 Å². The Morgan fingerprint density at radius 1 is 0.807 bits per heavy atom. The van der Waals surface area contributed by atoms with E-state index in [1.165, 1.54) is 21.7 Å². The van der Waals surface area contributed by atoms with Gasteiger partial charge in [0, 0.05) is 102 Å². The summed E-state index contributed by atoms with van der Waals surface area (Å²) in [6, 6.07) is 20.2. The van der Waals surface area contributed by atoms with Crippen molar-refractivity contribution in [2.75, 3.05) is 98.2 Å². The first-order chi connectivity index (χ1) is 42.0. The van der Waals surface area contributed by atoms with Crippen molar-refractivity contribution in [3.05, 3.63) is 108 Å². The van der Waals surface area contributed by atoms with Crippen LogP contribution in [0.25, 0.3) is 17.1 Å². The summed E-state index contributed by atoms with van der Waals surface area (Å²) in [4.78, 5) is 73.0. The zero-order valence-electron chi connectivity index (χ0n) is 50.4. The van der Waals surface area contributed by atoms with Crippen LogP contribution in [0.5, 0.6) is 17.2 Å². The van der Waals surface area contributed by atoms with Crippen molar-refractivity contribution in [2.24, 2.45) is 17.8 Å². The van der Waals surface area contributed by atoms with Crippen LogP contribution < -0.4 is 34.2 Å². The zero-order chi connectivity index (χ0) is 62.8. The van der Waals surface area contributed by atoms with Gasteiger partial charge in [-0.05, 0) is 105 Å². The molecule has 4 aliphatic rings. The van der Waals surface area contributed by atoms with Crippen molar-refractivity contribution in [1.29, 1.82) is 0 Å². The standard InChI is InChI=1S/C62H74F3N13O9S/c1-8-42-32-47(51(79)34-52(42)87-60(83)38(3)4)54-70-71-56(57(80)67-39(5)62(63,64)65)77(54)44-16-14-40(15-17-44)36-73-28-30-74(31-29-73)37-41-20-24-76(25-21-41)58(81)43-22-26-75(27-23-43)45-18-19-48(53(33-45)86-9-2)68-61-66-35-50-55(69-61)78(88(7,84)85)49-13-11-10-12-46(49)59(82)72(50)6/h10-19,32-35,38-39,41,43,79H,8-9,20-31,36-37H2,1-7H3,(H,67,80)(H,66,68,69). The lowest BCUT2D eigenvalue weighted by Crippen LogP contribution is -2.49. The van der Waals surface area contributed by atoms with Crippen molar-refractivity contribution in [1.82, 2.24) is 44.7 Å². The summed E-state index contributed by atoms with van der Waals surface area (Å²) in [6.45, 7) is 16.1. The maximum atomic E-state index is 14.0. The number of nitrogens with zero attached hydrogens (tertiary/aromatic N) is 11. The average molecular weight is 1230 g/mol. The highest BCUT2D eigenvalue weighted by atomic mass is 32.2. The van der Waals surface area contributed by atoms with Crippen molar-refractivity contribution in [2.45, 2.75) is 85.5 Å². The summed E-state index contributed by atoms with van der Waals surface area (Å²) in [5.74, 6) is -1.75. The minimum atomic E-state index is -4.71. The summed E-state index contributed by atoms with van der Waals surface area (Å²) >= 11 is 0. The van der Waals surface area contributed by atoms with Gasteiger partial charge in [0.1, 0.15) is 29.0 Å². The smallest absolute Gasteiger partial charge is 0.408 e. The second-order valence-corrected chi connectivity index (χ2v) is 25.0. The molecule has 468 valence electrons.